The average Bonchev–Trinajstić information content (AvgIpc) is 2.38. The fourth-order valence-corrected chi connectivity index (χ4v) is 2.39. The molecule has 0 atom stereocenters. The molecule has 0 spiro atoms. The maximum atomic E-state index is 12.1. The molecule has 0 amide bonds. The van der Waals surface area contributed by atoms with Gasteiger partial charge in [-0.2, -0.15) is 0 Å². The lowest BCUT2D eigenvalue weighted by molar-refractivity contribution is 0.0983. The summed E-state index contributed by atoms with van der Waals surface area (Å²) in [7, 11) is 0. The summed E-state index contributed by atoms with van der Waals surface area (Å²) in [4.78, 5) is 12.1. The number of benzene rings is 2. The van der Waals surface area contributed by atoms with Crippen LogP contribution in [0.4, 0.5) is 0 Å². The van der Waals surface area contributed by atoms with Gasteiger partial charge in [-0.25, -0.2) is 0 Å². The monoisotopic (exact) mass is 272 g/mol. The van der Waals surface area contributed by atoms with Gasteiger partial charge in [-0.15, -0.1) is 0 Å². The standard InChI is InChI=1S/C17H17ClO/c1-12-4-3-5-13(2)16(12)10-11-17(19)14-6-8-15(18)9-7-14/h3-9H,10-11H2,1-2H3. The van der Waals surface area contributed by atoms with Gasteiger partial charge in [0.1, 0.15) is 0 Å². The minimum Gasteiger partial charge on any atom is -0.294 e. The Hall–Kier alpha value is -1.60. The first-order chi connectivity index (χ1) is 9.08. The summed E-state index contributed by atoms with van der Waals surface area (Å²) in [6.07, 6.45) is 1.33. The van der Waals surface area contributed by atoms with Crippen LogP contribution >= 0.6 is 11.6 Å². The quantitative estimate of drug-likeness (QED) is 0.733. The van der Waals surface area contributed by atoms with Crippen LogP contribution in [0.2, 0.25) is 5.02 Å². The highest BCUT2D eigenvalue weighted by Gasteiger charge is 2.08. The van der Waals surface area contributed by atoms with Crippen LogP contribution in [0, 0.1) is 13.8 Å². The van der Waals surface area contributed by atoms with Crippen molar-refractivity contribution in [3.05, 3.63) is 69.7 Å². The van der Waals surface area contributed by atoms with Crippen molar-refractivity contribution in [2.45, 2.75) is 26.7 Å². The van der Waals surface area contributed by atoms with Crippen molar-refractivity contribution in [3.63, 3.8) is 0 Å². The molecule has 0 radical (unpaired) electrons. The Morgan fingerprint density at radius 3 is 2.16 bits per heavy atom. The molecule has 0 saturated heterocycles. The molecule has 0 bridgehead atoms. The van der Waals surface area contributed by atoms with Crippen LogP contribution in [0.5, 0.6) is 0 Å². The average molecular weight is 273 g/mol. The molecule has 2 aromatic rings. The Balaban J connectivity index is 2.06. The lowest BCUT2D eigenvalue weighted by Gasteiger charge is -2.09. The number of aryl methyl sites for hydroxylation is 2. The predicted molar refractivity (Wildman–Crippen MR) is 80.0 cm³/mol. The van der Waals surface area contributed by atoms with Crippen LogP contribution in [0.25, 0.3) is 0 Å². The number of rotatable bonds is 4. The first-order valence-corrected chi connectivity index (χ1v) is 6.79. The van der Waals surface area contributed by atoms with Gasteiger partial charge in [0.2, 0.25) is 0 Å². The number of halogens is 1. The summed E-state index contributed by atoms with van der Waals surface area (Å²) < 4.78 is 0. The molecule has 0 aliphatic heterocycles. The number of carbonyl (C=O) groups excluding carboxylic acids is 1. The molecule has 19 heavy (non-hydrogen) atoms. The zero-order valence-electron chi connectivity index (χ0n) is 11.2. The van der Waals surface area contributed by atoms with Gasteiger partial charge in [0, 0.05) is 17.0 Å². The van der Waals surface area contributed by atoms with Gasteiger partial charge >= 0.3 is 0 Å². The topological polar surface area (TPSA) is 17.1 Å². The van der Waals surface area contributed by atoms with Gasteiger partial charge in [0.25, 0.3) is 0 Å². The predicted octanol–water partition coefficient (Wildman–Crippen LogP) is 4.77. The van der Waals surface area contributed by atoms with E-state index in [2.05, 4.69) is 32.0 Å². The van der Waals surface area contributed by atoms with Crippen molar-refractivity contribution < 1.29 is 4.79 Å². The SMILES string of the molecule is Cc1cccc(C)c1CCC(=O)c1ccc(Cl)cc1. The fraction of sp³-hybridized carbons (Fsp3) is 0.235. The smallest absolute Gasteiger partial charge is 0.163 e. The number of hydrogen-bond acceptors (Lipinski definition) is 1. The highest BCUT2D eigenvalue weighted by molar-refractivity contribution is 6.30. The van der Waals surface area contributed by atoms with Gasteiger partial charge in [0.15, 0.2) is 5.78 Å². The van der Waals surface area contributed by atoms with Gasteiger partial charge in [0.05, 0.1) is 0 Å². The third-order valence-electron chi connectivity index (χ3n) is 3.41. The van der Waals surface area contributed by atoms with E-state index in [-0.39, 0.29) is 5.78 Å². The highest BCUT2D eigenvalue weighted by Crippen LogP contribution is 2.17. The van der Waals surface area contributed by atoms with E-state index >= 15 is 0 Å². The summed E-state index contributed by atoms with van der Waals surface area (Å²) in [5.41, 5.74) is 4.52. The molecule has 98 valence electrons. The molecule has 0 aromatic heterocycles. The summed E-state index contributed by atoms with van der Waals surface area (Å²) >= 11 is 5.82. The normalized spacial score (nSPS) is 10.5. The molecule has 1 nitrogen and oxygen atoms in total. The molecule has 0 unspecified atom stereocenters. The zero-order valence-corrected chi connectivity index (χ0v) is 12.0. The highest BCUT2D eigenvalue weighted by atomic mass is 35.5. The maximum absolute atomic E-state index is 12.1. The number of carbonyl (C=O) groups is 1. The zero-order chi connectivity index (χ0) is 13.8. The maximum Gasteiger partial charge on any atom is 0.163 e. The van der Waals surface area contributed by atoms with Crippen molar-refractivity contribution >= 4 is 17.4 Å². The molecule has 0 saturated carbocycles. The fourth-order valence-electron chi connectivity index (χ4n) is 2.26. The second kappa shape index (κ2) is 6.03. The minimum atomic E-state index is 0.166. The second-order valence-corrected chi connectivity index (χ2v) is 5.24. The van der Waals surface area contributed by atoms with E-state index < -0.39 is 0 Å². The van der Waals surface area contributed by atoms with E-state index in [4.69, 9.17) is 11.6 Å². The van der Waals surface area contributed by atoms with E-state index in [0.29, 0.717) is 11.4 Å². The minimum absolute atomic E-state index is 0.166. The molecule has 0 aliphatic rings. The second-order valence-electron chi connectivity index (χ2n) is 4.80. The summed E-state index contributed by atoms with van der Waals surface area (Å²) in [5.74, 6) is 0.166. The summed E-state index contributed by atoms with van der Waals surface area (Å²) in [6, 6.07) is 13.3. The van der Waals surface area contributed by atoms with E-state index in [1.807, 2.05) is 0 Å². The Kier molecular flexibility index (Phi) is 4.39. The van der Waals surface area contributed by atoms with Crippen LogP contribution in [0.15, 0.2) is 42.5 Å². The molecule has 2 rings (SSSR count). The Bertz CT molecular complexity index is 564. The van der Waals surface area contributed by atoms with Gasteiger partial charge in [-0.05, 0) is 61.2 Å². The van der Waals surface area contributed by atoms with Crippen molar-refractivity contribution in [3.8, 4) is 0 Å². The largest absolute Gasteiger partial charge is 0.294 e. The molecular weight excluding hydrogens is 256 g/mol. The van der Waals surface area contributed by atoms with Gasteiger partial charge in [-0.1, -0.05) is 29.8 Å². The molecule has 0 N–H and O–H groups in total. The lowest BCUT2D eigenvalue weighted by Crippen LogP contribution is -2.03. The van der Waals surface area contributed by atoms with Crippen molar-refractivity contribution in [1.29, 1.82) is 0 Å². The number of ketones is 1. The van der Waals surface area contributed by atoms with Crippen LogP contribution in [-0.4, -0.2) is 5.78 Å². The molecular formula is C17H17ClO. The van der Waals surface area contributed by atoms with Crippen LogP contribution in [-0.2, 0) is 6.42 Å². The van der Waals surface area contributed by atoms with E-state index in [9.17, 15) is 4.79 Å². The van der Waals surface area contributed by atoms with Crippen LogP contribution in [0.1, 0.15) is 33.5 Å². The summed E-state index contributed by atoms with van der Waals surface area (Å²) in [6.45, 7) is 4.18. The number of Topliss-reactive ketones (excluding diaryl/α,β-unsaturated/α-hetero) is 1. The molecule has 2 heteroatoms. The first-order valence-electron chi connectivity index (χ1n) is 6.42. The summed E-state index contributed by atoms with van der Waals surface area (Å²) in [5, 5.41) is 0.659. The van der Waals surface area contributed by atoms with Crippen molar-refractivity contribution in [2.75, 3.05) is 0 Å². The third-order valence-corrected chi connectivity index (χ3v) is 3.66. The van der Waals surface area contributed by atoms with Crippen LogP contribution < -0.4 is 0 Å². The van der Waals surface area contributed by atoms with E-state index in [1.165, 1.54) is 16.7 Å². The molecule has 2 aromatic carbocycles. The lowest BCUT2D eigenvalue weighted by atomic mass is 9.96. The first kappa shape index (κ1) is 13.8. The van der Waals surface area contributed by atoms with E-state index in [1.54, 1.807) is 24.3 Å². The van der Waals surface area contributed by atoms with Gasteiger partial charge in [-0.3, -0.25) is 4.79 Å². The van der Waals surface area contributed by atoms with Crippen LogP contribution in [0.3, 0.4) is 0 Å². The number of hydrogen-bond donors (Lipinski definition) is 0. The van der Waals surface area contributed by atoms with E-state index in [0.717, 1.165) is 12.0 Å². The molecule has 0 heterocycles. The molecule has 0 aliphatic carbocycles. The Morgan fingerprint density at radius 2 is 1.58 bits per heavy atom. The third kappa shape index (κ3) is 3.45. The Labute approximate surface area is 119 Å². The van der Waals surface area contributed by atoms with Gasteiger partial charge < -0.3 is 0 Å². The molecule has 0 fully saturated rings. The Morgan fingerprint density at radius 1 is 1.00 bits per heavy atom. The van der Waals surface area contributed by atoms with Crippen molar-refractivity contribution in [2.24, 2.45) is 0 Å². The van der Waals surface area contributed by atoms with Crippen molar-refractivity contribution in [1.82, 2.24) is 0 Å².